The predicted octanol–water partition coefficient (Wildman–Crippen LogP) is 2.45. The van der Waals surface area contributed by atoms with E-state index in [0.717, 1.165) is 38.1 Å². The molecule has 2 fully saturated rings. The molecule has 164 valence electrons. The van der Waals surface area contributed by atoms with Crippen molar-refractivity contribution in [3.63, 3.8) is 0 Å². The van der Waals surface area contributed by atoms with Gasteiger partial charge < -0.3 is 19.6 Å². The molecule has 2 aromatic rings. The molecule has 1 aromatic carbocycles. The molecule has 7 nitrogen and oxygen atoms in total. The molecule has 1 aromatic heterocycles. The van der Waals surface area contributed by atoms with Crippen LogP contribution in [-0.4, -0.2) is 74.3 Å². The molecule has 2 saturated heterocycles. The monoisotopic (exact) mass is 431 g/mol. The maximum Gasteiger partial charge on any atom is 0.418 e. The van der Waals surface area contributed by atoms with Crippen LogP contribution in [0.25, 0.3) is 0 Å². The van der Waals surface area contributed by atoms with E-state index in [1.54, 1.807) is 17.2 Å². The minimum atomic E-state index is -4.51. The first-order chi connectivity index (χ1) is 14.8. The summed E-state index contributed by atoms with van der Waals surface area (Å²) >= 11 is 0. The van der Waals surface area contributed by atoms with Gasteiger partial charge in [-0.15, -0.1) is 0 Å². The Bertz CT molecular complexity index is 956. The number of nitrogens with zero attached hydrogens (tertiary/aromatic N) is 7. The zero-order valence-corrected chi connectivity index (χ0v) is 17.3. The zero-order valence-electron chi connectivity index (χ0n) is 17.3. The summed E-state index contributed by atoms with van der Waals surface area (Å²) in [5, 5.41) is 8.96. The maximum absolute atomic E-state index is 13.5. The molecule has 0 radical (unpaired) electrons. The molecule has 0 aliphatic carbocycles. The number of piperazine rings is 2. The van der Waals surface area contributed by atoms with Crippen molar-refractivity contribution in [1.82, 2.24) is 14.9 Å². The number of likely N-dealkylation sites (N-methyl/N-ethyl adjacent to an activating group) is 1. The fourth-order valence-electron chi connectivity index (χ4n) is 3.96. The van der Waals surface area contributed by atoms with Gasteiger partial charge >= 0.3 is 6.18 Å². The van der Waals surface area contributed by atoms with Crippen LogP contribution in [0.4, 0.5) is 30.6 Å². The second-order valence-corrected chi connectivity index (χ2v) is 7.82. The van der Waals surface area contributed by atoms with Gasteiger partial charge in [-0.1, -0.05) is 0 Å². The van der Waals surface area contributed by atoms with Crippen LogP contribution in [0, 0.1) is 11.3 Å². The van der Waals surface area contributed by atoms with E-state index >= 15 is 0 Å². The van der Waals surface area contributed by atoms with Gasteiger partial charge in [0.25, 0.3) is 0 Å². The van der Waals surface area contributed by atoms with E-state index in [-0.39, 0.29) is 11.3 Å². The number of anilines is 3. The van der Waals surface area contributed by atoms with Crippen molar-refractivity contribution in [2.75, 3.05) is 74.1 Å². The molecule has 0 N–H and O–H groups in total. The second kappa shape index (κ2) is 8.59. The van der Waals surface area contributed by atoms with Gasteiger partial charge in [-0.05, 0) is 31.3 Å². The average molecular weight is 431 g/mol. The lowest BCUT2D eigenvalue weighted by atomic mass is 10.1. The van der Waals surface area contributed by atoms with E-state index in [2.05, 4.69) is 21.8 Å². The Kier molecular flexibility index (Phi) is 5.87. The van der Waals surface area contributed by atoms with E-state index in [9.17, 15) is 13.2 Å². The normalized spacial score (nSPS) is 18.2. The number of nitriles is 1. The molecule has 0 unspecified atom stereocenters. The van der Waals surface area contributed by atoms with Crippen LogP contribution in [0.15, 0.2) is 30.5 Å². The van der Waals surface area contributed by atoms with E-state index in [4.69, 9.17) is 10.2 Å². The van der Waals surface area contributed by atoms with E-state index < -0.39 is 11.7 Å². The molecule has 4 rings (SSSR count). The SMILES string of the molecule is CN1CCN(c2ccnc(N3CCN(c4ccc(C#N)cc4C(F)(F)F)CC3)n2)CC1. The summed E-state index contributed by atoms with van der Waals surface area (Å²) in [5.74, 6) is 1.49. The summed E-state index contributed by atoms with van der Waals surface area (Å²) in [6.45, 7) is 5.62. The molecule has 3 heterocycles. The lowest BCUT2D eigenvalue weighted by molar-refractivity contribution is -0.137. The molecular formula is C21H24F3N7. The Balaban J connectivity index is 1.46. The fourth-order valence-corrected chi connectivity index (χ4v) is 3.96. The van der Waals surface area contributed by atoms with E-state index in [0.29, 0.717) is 32.1 Å². The predicted molar refractivity (Wildman–Crippen MR) is 112 cm³/mol. The lowest BCUT2D eigenvalue weighted by Gasteiger charge is -2.38. The molecule has 0 atom stereocenters. The first-order valence-corrected chi connectivity index (χ1v) is 10.2. The molecule has 0 saturated carbocycles. The van der Waals surface area contributed by atoms with E-state index in [1.165, 1.54) is 12.1 Å². The smallest absolute Gasteiger partial charge is 0.367 e. The average Bonchev–Trinajstić information content (AvgIpc) is 2.79. The highest BCUT2D eigenvalue weighted by Crippen LogP contribution is 2.37. The summed E-state index contributed by atoms with van der Waals surface area (Å²) in [6, 6.07) is 7.42. The van der Waals surface area contributed by atoms with Crippen LogP contribution < -0.4 is 14.7 Å². The van der Waals surface area contributed by atoms with Crippen LogP contribution in [0.1, 0.15) is 11.1 Å². The summed E-state index contributed by atoms with van der Waals surface area (Å²) in [6.07, 6.45) is -2.77. The fraction of sp³-hybridized carbons (Fsp3) is 0.476. The molecule has 2 aliphatic heterocycles. The third kappa shape index (κ3) is 4.66. The third-order valence-electron chi connectivity index (χ3n) is 5.79. The number of rotatable bonds is 3. The Morgan fingerprint density at radius 1 is 0.903 bits per heavy atom. The van der Waals surface area contributed by atoms with Gasteiger partial charge in [0.15, 0.2) is 0 Å². The number of hydrogen-bond donors (Lipinski definition) is 0. The number of aromatic nitrogens is 2. The van der Waals surface area contributed by atoms with Crippen molar-refractivity contribution in [3.8, 4) is 6.07 Å². The molecular weight excluding hydrogens is 407 g/mol. The highest BCUT2D eigenvalue weighted by atomic mass is 19.4. The summed E-state index contributed by atoms with van der Waals surface area (Å²) < 4.78 is 40.6. The summed E-state index contributed by atoms with van der Waals surface area (Å²) in [7, 11) is 2.10. The van der Waals surface area contributed by atoms with Crippen molar-refractivity contribution >= 4 is 17.5 Å². The quantitative estimate of drug-likeness (QED) is 0.740. The van der Waals surface area contributed by atoms with Gasteiger partial charge in [-0.25, -0.2) is 4.98 Å². The van der Waals surface area contributed by atoms with Gasteiger partial charge in [0.05, 0.1) is 17.2 Å². The van der Waals surface area contributed by atoms with Gasteiger partial charge in [0.2, 0.25) is 5.95 Å². The highest BCUT2D eigenvalue weighted by Gasteiger charge is 2.36. The second-order valence-electron chi connectivity index (χ2n) is 7.82. The Labute approximate surface area is 179 Å². The summed E-state index contributed by atoms with van der Waals surface area (Å²) in [5.41, 5.74) is -0.657. The topological polar surface area (TPSA) is 62.5 Å². The zero-order chi connectivity index (χ0) is 22.0. The van der Waals surface area contributed by atoms with Gasteiger partial charge in [0.1, 0.15) is 5.82 Å². The number of benzene rings is 1. The Morgan fingerprint density at radius 3 is 2.19 bits per heavy atom. The maximum atomic E-state index is 13.5. The molecule has 31 heavy (non-hydrogen) atoms. The number of halogens is 3. The van der Waals surface area contributed by atoms with E-state index in [1.807, 2.05) is 11.0 Å². The molecule has 10 heteroatoms. The van der Waals surface area contributed by atoms with Crippen LogP contribution in [0.3, 0.4) is 0 Å². The van der Waals surface area contributed by atoms with Crippen LogP contribution in [0.5, 0.6) is 0 Å². The number of alkyl halides is 3. The van der Waals surface area contributed by atoms with Crippen LogP contribution >= 0.6 is 0 Å². The van der Waals surface area contributed by atoms with Crippen molar-refractivity contribution < 1.29 is 13.2 Å². The molecule has 0 amide bonds. The lowest BCUT2D eigenvalue weighted by Crippen LogP contribution is -2.48. The van der Waals surface area contributed by atoms with Gasteiger partial charge in [-0.3, -0.25) is 0 Å². The Hall–Kier alpha value is -3.06. The van der Waals surface area contributed by atoms with Gasteiger partial charge in [0, 0.05) is 64.2 Å². The van der Waals surface area contributed by atoms with Gasteiger partial charge in [-0.2, -0.15) is 23.4 Å². The van der Waals surface area contributed by atoms with Crippen molar-refractivity contribution in [2.24, 2.45) is 0 Å². The summed E-state index contributed by atoms with van der Waals surface area (Å²) in [4.78, 5) is 17.3. The largest absolute Gasteiger partial charge is 0.418 e. The minimum absolute atomic E-state index is 0.00355. The third-order valence-corrected chi connectivity index (χ3v) is 5.79. The standard InChI is InChI=1S/C21H24F3N7/c1-28-6-8-30(9-7-28)19-4-5-26-20(27-19)31-12-10-29(11-13-31)18-3-2-16(15-25)14-17(18)21(22,23)24/h2-5,14H,6-13H2,1H3. The van der Waals surface area contributed by atoms with Crippen molar-refractivity contribution in [3.05, 3.63) is 41.6 Å². The first kappa shape index (κ1) is 21.2. The minimum Gasteiger partial charge on any atom is -0.367 e. The van der Waals surface area contributed by atoms with Crippen LogP contribution in [0.2, 0.25) is 0 Å². The Morgan fingerprint density at radius 2 is 1.55 bits per heavy atom. The molecule has 0 bridgehead atoms. The molecule has 2 aliphatic rings. The molecule has 0 spiro atoms. The van der Waals surface area contributed by atoms with Crippen molar-refractivity contribution in [2.45, 2.75) is 6.18 Å². The van der Waals surface area contributed by atoms with Crippen molar-refractivity contribution in [1.29, 1.82) is 5.26 Å². The van der Waals surface area contributed by atoms with Crippen LogP contribution in [-0.2, 0) is 6.18 Å². The first-order valence-electron chi connectivity index (χ1n) is 10.2. The highest BCUT2D eigenvalue weighted by molar-refractivity contribution is 5.59. The number of hydrogen-bond acceptors (Lipinski definition) is 7.